The lowest BCUT2D eigenvalue weighted by molar-refractivity contribution is 0.291. The molecule has 1 rings (SSSR count). The standard InChI is InChI=1S/C10H17ClN4O/c1-5-6-16-10-13-8(11)12-9(14-10)15(4)7(2)3/h7H,5-6H2,1-4H3. The molecule has 0 atom stereocenters. The summed E-state index contributed by atoms with van der Waals surface area (Å²) in [5.41, 5.74) is 0. The van der Waals surface area contributed by atoms with Gasteiger partial charge < -0.3 is 9.64 Å². The van der Waals surface area contributed by atoms with Crippen molar-refractivity contribution in [2.75, 3.05) is 18.6 Å². The number of ether oxygens (including phenoxy) is 1. The van der Waals surface area contributed by atoms with Crippen molar-refractivity contribution in [1.82, 2.24) is 15.0 Å². The second kappa shape index (κ2) is 5.84. The summed E-state index contributed by atoms with van der Waals surface area (Å²) >= 11 is 5.81. The molecule has 1 aromatic heterocycles. The van der Waals surface area contributed by atoms with Gasteiger partial charge in [-0.2, -0.15) is 15.0 Å². The van der Waals surface area contributed by atoms with Crippen LogP contribution in [0.5, 0.6) is 6.01 Å². The first-order valence-corrected chi connectivity index (χ1v) is 5.69. The Morgan fingerprint density at radius 3 is 2.56 bits per heavy atom. The van der Waals surface area contributed by atoms with Crippen molar-refractivity contribution in [3.8, 4) is 6.01 Å². The van der Waals surface area contributed by atoms with Crippen molar-refractivity contribution >= 4 is 17.5 Å². The van der Waals surface area contributed by atoms with E-state index in [4.69, 9.17) is 16.3 Å². The van der Waals surface area contributed by atoms with Crippen LogP contribution in [0.25, 0.3) is 0 Å². The van der Waals surface area contributed by atoms with E-state index < -0.39 is 0 Å². The average molecular weight is 245 g/mol. The molecule has 1 aromatic rings. The lowest BCUT2D eigenvalue weighted by atomic mass is 10.4. The molecule has 0 aromatic carbocycles. The molecule has 0 unspecified atom stereocenters. The Bertz CT molecular complexity index is 346. The number of hydrogen-bond acceptors (Lipinski definition) is 5. The third-order valence-corrected chi connectivity index (χ3v) is 2.27. The van der Waals surface area contributed by atoms with E-state index in [2.05, 4.69) is 15.0 Å². The highest BCUT2D eigenvalue weighted by molar-refractivity contribution is 6.28. The summed E-state index contributed by atoms with van der Waals surface area (Å²) in [6.07, 6.45) is 0.901. The molecule has 0 bridgehead atoms. The zero-order chi connectivity index (χ0) is 12.1. The fourth-order valence-corrected chi connectivity index (χ4v) is 1.12. The maximum Gasteiger partial charge on any atom is 0.322 e. The van der Waals surface area contributed by atoms with Crippen LogP contribution in [0.4, 0.5) is 5.95 Å². The van der Waals surface area contributed by atoms with Crippen molar-refractivity contribution in [3.05, 3.63) is 5.28 Å². The van der Waals surface area contributed by atoms with Gasteiger partial charge in [-0.05, 0) is 31.9 Å². The maximum atomic E-state index is 5.81. The molecule has 0 amide bonds. The van der Waals surface area contributed by atoms with Gasteiger partial charge in [-0.15, -0.1) is 0 Å². The first-order valence-electron chi connectivity index (χ1n) is 5.31. The van der Waals surface area contributed by atoms with Gasteiger partial charge in [-0.3, -0.25) is 0 Å². The Kier molecular flexibility index (Phi) is 4.73. The summed E-state index contributed by atoms with van der Waals surface area (Å²) in [5.74, 6) is 0.529. The largest absolute Gasteiger partial charge is 0.463 e. The molecule has 1 heterocycles. The first kappa shape index (κ1) is 13.0. The predicted molar refractivity (Wildman–Crippen MR) is 64.2 cm³/mol. The summed E-state index contributed by atoms with van der Waals surface area (Å²) in [4.78, 5) is 14.1. The molecule has 0 saturated heterocycles. The van der Waals surface area contributed by atoms with Gasteiger partial charge in [0.15, 0.2) is 0 Å². The number of anilines is 1. The number of hydrogen-bond donors (Lipinski definition) is 0. The highest BCUT2D eigenvalue weighted by atomic mass is 35.5. The SMILES string of the molecule is CCCOc1nc(Cl)nc(N(C)C(C)C)n1. The fraction of sp³-hybridized carbons (Fsp3) is 0.700. The van der Waals surface area contributed by atoms with Gasteiger partial charge in [-0.1, -0.05) is 6.92 Å². The van der Waals surface area contributed by atoms with E-state index in [1.165, 1.54) is 0 Å². The molecule has 0 radical (unpaired) electrons. The zero-order valence-electron chi connectivity index (χ0n) is 10.1. The minimum atomic E-state index is 0.156. The molecular formula is C10H17ClN4O. The molecule has 0 fully saturated rings. The van der Waals surface area contributed by atoms with Crippen LogP contribution in [-0.2, 0) is 0 Å². The molecule has 6 heteroatoms. The molecule has 16 heavy (non-hydrogen) atoms. The van der Waals surface area contributed by atoms with E-state index in [9.17, 15) is 0 Å². The average Bonchev–Trinajstić information content (AvgIpc) is 2.24. The number of halogens is 1. The summed E-state index contributed by atoms with van der Waals surface area (Å²) in [6.45, 7) is 6.68. The molecular weight excluding hydrogens is 228 g/mol. The van der Waals surface area contributed by atoms with Crippen molar-refractivity contribution in [2.45, 2.75) is 33.2 Å². The van der Waals surface area contributed by atoms with E-state index >= 15 is 0 Å². The van der Waals surface area contributed by atoms with Gasteiger partial charge in [0.2, 0.25) is 11.2 Å². The maximum absolute atomic E-state index is 5.81. The van der Waals surface area contributed by atoms with Crippen molar-refractivity contribution in [2.24, 2.45) is 0 Å². The number of rotatable bonds is 5. The highest BCUT2D eigenvalue weighted by Gasteiger charge is 2.12. The van der Waals surface area contributed by atoms with Crippen LogP contribution in [0.3, 0.4) is 0 Å². The van der Waals surface area contributed by atoms with Gasteiger partial charge in [-0.25, -0.2) is 0 Å². The fourth-order valence-electron chi connectivity index (χ4n) is 0.969. The molecule has 5 nitrogen and oxygen atoms in total. The smallest absolute Gasteiger partial charge is 0.322 e. The quantitative estimate of drug-likeness (QED) is 0.795. The van der Waals surface area contributed by atoms with Crippen LogP contribution in [0.2, 0.25) is 5.28 Å². The van der Waals surface area contributed by atoms with Crippen LogP contribution >= 0.6 is 11.6 Å². The third kappa shape index (κ3) is 3.48. The van der Waals surface area contributed by atoms with Crippen LogP contribution in [0, 0.1) is 0 Å². The van der Waals surface area contributed by atoms with Crippen molar-refractivity contribution in [3.63, 3.8) is 0 Å². The third-order valence-electron chi connectivity index (χ3n) is 2.10. The Labute approximate surface area is 101 Å². The lowest BCUT2D eigenvalue weighted by Crippen LogP contribution is -2.28. The van der Waals surface area contributed by atoms with Crippen LogP contribution in [-0.4, -0.2) is 34.6 Å². The van der Waals surface area contributed by atoms with Gasteiger partial charge in [0, 0.05) is 13.1 Å². The Balaban J connectivity index is 2.89. The first-order chi connectivity index (χ1) is 7.54. The molecule has 90 valence electrons. The van der Waals surface area contributed by atoms with Gasteiger partial charge in [0.1, 0.15) is 0 Å². The Morgan fingerprint density at radius 1 is 1.31 bits per heavy atom. The van der Waals surface area contributed by atoms with E-state index in [1.807, 2.05) is 32.7 Å². The zero-order valence-corrected chi connectivity index (χ0v) is 10.8. The summed E-state index contributed by atoms with van der Waals surface area (Å²) < 4.78 is 5.33. The lowest BCUT2D eigenvalue weighted by Gasteiger charge is -2.21. The normalized spacial score (nSPS) is 10.6. The van der Waals surface area contributed by atoms with Gasteiger partial charge in [0.25, 0.3) is 0 Å². The molecule has 0 N–H and O–H groups in total. The van der Waals surface area contributed by atoms with E-state index in [0.29, 0.717) is 12.6 Å². The Morgan fingerprint density at radius 2 is 2.00 bits per heavy atom. The molecule has 0 aliphatic heterocycles. The molecule has 0 spiro atoms. The minimum absolute atomic E-state index is 0.156. The van der Waals surface area contributed by atoms with Crippen LogP contribution in [0.1, 0.15) is 27.2 Å². The van der Waals surface area contributed by atoms with E-state index in [-0.39, 0.29) is 17.3 Å². The predicted octanol–water partition coefficient (Wildman–Crippen LogP) is 2.16. The monoisotopic (exact) mass is 244 g/mol. The van der Waals surface area contributed by atoms with Crippen LogP contribution < -0.4 is 9.64 Å². The van der Waals surface area contributed by atoms with Gasteiger partial charge in [0.05, 0.1) is 6.61 Å². The topological polar surface area (TPSA) is 51.1 Å². The molecule has 0 saturated carbocycles. The Hall–Kier alpha value is -1.10. The number of nitrogens with zero attached hydrogens (tertiary/aromatic N) is 4. The second-order valence-corrected chi connectivity index (χ2v) is 4.08. The molecule has 0 aliphatic carbocycles. The summed E-state index contributed by atoms with van der Waals surface area (Å²) in [6, 6.07) is 0.571. The molecule has 0 aliphatic rings. The second-order valence-electron chi connectivity index (χ2n) is 3.74. The van der Waals surface area contributed by atoms with Crippen molar-refractivity contribution in [1.29, 1.82) is 0 Å². The van der Waals surface area contributed by atoms with Crippen LogP contribution in [0.15, 0.2) is 0 Å². The number of aromatic nitrogens is 3. The van der Waals surface area contributed by atoms with Crippen molar-refractivity contribution < 1.29 is 4.74 Å². The van der Waals surface area contributed by atoms with Gasteiger partial charge >= 0.3 is 6.01 Å². The van der Waals surface area contributed by atoms with E-state index in [1.54, 1.807) is 0 Å². The minimum Gasteiger partial charge on any atom is -0.463 e. The van der Waals surface area contributed by atoms with E-state index in [0.717, 1.165) is 6.42 Å². The summed E-state index contributed by atoms with van der Waals surface area (Å²) in [7, 11) is 1.90. The highest BCUT2D eigenvalue weighted by Crippen LogP contribution is 2.15. The summed E-state index contributed by atoms with van der Waals surface area (Å²) in [5, 5.41) is 0.156.